The Labute approximate surface area is 290 Å². The maximum absolute atomic E-state index is 6.45. The monoisotopic (exact) mass is 650 g/mol. The number of ether oxygens (including phenoxy) is 4. The first-order valence-electron chi connectivity index (χ1n) is 19.0. The summed E-state index contributed by atoms with van der Waals surface area (Å²) in [5.74, 6) is 3.44. The van der Waals surface area contributed by atoms with Crippen LogP contribution < -0.4 is 18.9 Å². The molecule has 5 rings (SSSR count). The minimum absolute atomic E-state index is 0.696. The van der Waals surface area contributed by atoms with Gasteiger partial charge in [0, 0.05) is 0 Å². The maximum atomic E-state index is 6.45. The van der Waals surface area contributed by atoms with Crippen LogP contribution in [0.25, 0.3) is 33.1 Å². The normalized spacial score (nSPS) is 13.2. The molecule has 4 heteroatoms. The van der Waals surface area contributed by atoms with Crippen molar-refractivity contribution in [3.63, 3.8) is 0 Å². The van der Waals surface area contributed by atoms with Crippen LogP contribution >= 0.6 is 0 Å². The summed E-state index contributed by atoms with van der Waals surface area (Å²) < 4.78 is 25.5. The SMILES string of the molecule is C=CCCC1=C2C(=C(CCCC)c3cc4cc(OCCCC)c(OCCCC)cc4cc32)c2cc(OCCCC)c(OCCCC)cc21. The number of fused-ring (bicyclic) bond motifs is 6. The summed E-state index contributed by atoms with van der Waals surface area (Å²) >= 11 is 0. The predicted octanol–water partition coefficient (Wildman–Crippen LogP) is 12.9. The summed E-state index contributed by atoms with van der Waals surface area (Å²) in [5, 5.41) is 2.40. The van der Waals surface area contributed by atoms with Crippen LogP contribution in [0.2, 0.25) is 0 Å². The van der Waals surface area contributed by atoms with Crippen LogP contribution in [0.1, 0.15) is 140 Å². The maximum Gasteiger partial charge on any atom is 0.161 e. The molecule has 0 aliphatic heterocycles. The highest BCUT2D eigenvalue weighted by Crippen LogP contribution is 2.59. The predicted molar refractivity (Wildman–Crippen MR) is 205 cm³/mol. The molecular weight excluding hydrogens is 592 g/mol. The molecule has 4 nitrogen and oxygen atoms in total. The largest absolute Gasteiger partial charge is 0.490 e. The van der Waals surface area contributed by atoms with E-state index in [1.54, 1.807) is 0 Å². The van der Waals surface area contributed by atoms with Gasteiger partial charge in [0.1, 0.15) is 0 Å². The quantitative estimate of drug-likeness (QED) is 0.0801. The molecule has 0 saturated heterocycles. The van der Waals surface area contributed by atoms with Crippen LogP contribution in [0.3, 0.4) is 0 Å². The highest BCUT2D eigenvalue weighted by atomic mass is 16.5. The van der Waals surface area contributed by atoms with Gasteiger partial charge in [-0.15, -0.1) is 6.58 Å². The first-order chi connectivity index (χ1) is 23.6. The molecule has 0 N–H and O–H groups in total. The highest BCUT2D eigenvalue weighted by Gasteiger charge is 2.37. The average Bonchev–Trinajstić information content (AvgIpc) is 3.56. The molecule has 0 unspecified atom stereocenters. The summed E-state index contributed by atoms with van der Waals surface area (Å²) in [6.07, 6.45) is 15.7. The number of allylic oxidation sites excluding steroid dienone is 5. The molecule has 48 heavy (non-hydrogen) atoms. The van der Waals surface area contributed by atoms with Crippen molar-refractivity contribution in [2.24, 2.45) is 0 Å². The van der Waals surface area contributed by atoms with Crippen molar-refractivity contribution >= 4 is 33.1 Å². The summed E-state index contributed by atoms with van der Waals surface area (Å²) in [7, 11) is 0. The lowest BCUT2D eigenvalue weighted by Crippen LogP contribution is -2.04. The van der Waals surface area contributed by atoms with Crippen LogP contribution in [0, 0.1) is 0 Å². The lowest BCUT2D eigenvalue weighted by molar-refractivity contribution is 0.262. The first kappa shape index (κ1) is 35.6. The fourth-order valence-corrected chi connectivity index (χ4v) is 6.82. The Morgan fingerprint density at radius 1 is 0.458 bits per heavy atom. The van der Waals surface area contributed by atoms with Crippen molar-refractivity contribution in [2.75, 3.05) is 26.4 Å². The third kappa shape index (κ3) is 7.80. The molecule has 0 bridgehead atoms. The number of unbranched alkanes of at least 4 members (excludes halogenated alkanes) is 5. The van der Waals surface area contributed by atoms with Crippen LogP contribution in [0.15, 0.2) is 49.1 Å². The molecule has 0 spiro atoms. The molecule has 0 amide bonds. The molecule has 0 heterocycles. The second kappa shape index (κ2) is 17.7. The number of hydrogen-bond acceptors (Lipinski definition) is 4. The molecule has 0 fully saturated rings. The fraction of sp³-hybridized carbons (Fsp3) is 0.500. The van der Waals surface area contributed by atoms with Crippen LogP contribution in [-0.2, 0) is 0 Å². The lowest BCUT2D eigenvalue weighted by Gasteiger charge is -2.18. The third-order valence-electron chi connectivity index (χ3n) is 9.57. The lowest BCUT2D eigenvalue weighted by atomic mass is 9.92. The van der Waals surface area contributed by atoms with Gasteiger partial charge in [-0.3, -0.25) is 0 Å². The standard InChI is InChI=1S/C44H58O4/c1-7-13-19-33-35-25-31-27-39(45-21-15-9-3)40(46-22-16-10-4)28-32(31)26-37(35)43-34(20-14-8-2)36-29-41(47-23-17-11-5)42(48-24-18-12-6)30-38(36)44(33)43/h8,25-30H,2,7,9-24H2,1,3-6H3. The number of rotatable bonds is 22. The van der Waals surface area contributed by atoms with Crippen LogP contribution in [0.4, 0.5) is 0 Å². The Morgan fingerprint density at radius 3 is 1.29 bits per heavy atom. The summed E-state index contributed by atoms with van der Waals surface area (Å²) in [6, 6.07) is 13.8. The van der Waals surface area contributed by atoms with E-state index < -0.39 is 0 Å². The molecule has 3 aromatic carbocycles. The Morgan fingerprint density at radius 2 is 0.833 bits per heavy atom. The van der Waals surface area contributed by atoms with E-state index in [9.17, 15) is 0 Å². The Balaban J connectivity index is 1.69. The zero-order chi connectivity index (χ0) is 33.9. The van der Waals surface area contributed by atoms with Crippen molar-refractivity contribution in [3.05, 3.63) is 71.3 Å². The van der Waals surface area contributed by atoms with Crippen LogP contribution in [0.5, 0.6) is 23.0 Å². The van der Waals surface area contributed by atoms with E-state index in [-0.39, 0.29) is 0 Å². The molecule has 0 radical (unpaired) electrons. The molecule has 2 aliphatic rings. The smallest absolute Gasteiger partial charge is 0.161 e. The van der Waals surface area contributed by atoms with E-state index in [2.05, 4.69) is 77.6 Å². The third-order valence-corrected chi connectivity index (χ3v) is 9.57. The Hall–Kier alpha value is -3.66. The summed E-state index contributed by atoms with van der Waals surface area (Å²) in [6.45, 7) is 18.0. The van der Waals surface area contributed by atoms with E-state index in [4.69, 9.17) is 18.9 Å². The molecule has 0 aromatic heterocycles. The van der Waals surface area contributed by atoms with E-state index in [1.165, 1.54) is 55.3 Å². The topological polar surface area (TPSA) is 36.9 Å². The fourth-order valence-electron chi connectivity index (χ4n) is 6.82. The molecular formula is C44H58O4. The van der Waals surface area contributed by atoms with Gasteiger partial charge in [0.25, 0.3) is 0 Å². The minimum atomic E-state index is 0.696. The number of benzene rings is 3. The van der Waals surface area contributed by atoms with Crippen molar-refractivity contribution in [1.29, 1.82) is 0 Å². The van der Waals surface area contributed by atoms with Gasteiger partial charge in [-0.1, -0.05) is 72.8 Å². The van der Waals surface area contributed by atoms with E-state index in [0.29, 0.717) is 26.4 Å². The van der Waals surface area contributed by atoms with Crippen molar-refractivity contribution in [2.45, 2.75) is 118 Å². The van der Waals surface area contributed by atoms with E-state index >= 15 is 0 Å². The first-order valence-corrected chi connectivity index (χ1v) is 19.0. The van der Waals surface area contributed by atoms with Crippen molar-refractivity contribution in [1.82, 2.24) is 0 Å². The van der Waals surface area contributed by atoms with Crippen LogP contribution in [-0.4, -0.2) is 26.4 Å². The summed E-state index contributed by atoms with van der Waals surface area (Å²) in [5.41, 5.74) is 10.9. The molecule has 0 saturated carbocycles. The van der Waals surface area contributed by atoms with Gasteiger partial charge in [-0.05, 0) is 143 Å². The molecule has 0 atom stereocenters. The summed E-state index contributed by atoms with van der Waals surface area (Å²) in [4.78, 5) is 0. The molecule has 2 aliphatic carbocycles. The minimum Gasteiger partial charge on any atom is -0.490 e. The Kier molecular flexibility index (Phi) is 13.1. The van der Waals surface area contributed by atoms with E-state index in [0.717, 1.165) is 106 Å². The molecule has 3 aromatic rings. The average molecular weight is 651 g/mol. The van der Waals surface area contributed by atoms with Crippen molar-refractivity contribution < 1.29 is 18.9 Å². The second-order valence-corrected chi connectivity index (χ2v) is 13.3. The second-order valence-electron chi connectivity index (χ2n) is 13.3. The van der Waals surface area contributed by atoms with Gasteiger partial charge in [0.2, 0.25) is 0 Å². The van der Waals surface area contributed by atoms with E-state index in [1.807, 2.05) is 6.08 Å². The van der Waals surface area contributed by atoms with Gasteiger partial charge >= 0.3 is 0 Å². The Bertz CT molecular complexity index is 1620. The van der Waals surface area contributed by atoms with Gasteiger partial charge in [0.15, 0.2) is 23.0 Å². The molecule has 258 valence electrons. The van der Waals surface area contributed by atoms with Gasteiger partial charge < -0.3 is 18.9 Å². The zero-order valence-electron chi connectivity index (χ0n) is 30.4. The number of hydrogen-bond donors (Lipinski definition) is 0. The van der Waals surface area contributed by atoms with Gasteiger partial charge in [0.05, 0.1) is 26.4 Å². The van der Waals surface area contributed by atoms with Crippen molar-refractivity contribution in [3.8, 4) is 23.0 Å². The van der Waals surface area contributed by atoms with Gasteiger partial charge in [-0.2, -0.15) is 0 Å². The zero-order valence-corrected chi connectivity index (χ0v) is 30.4. The van der Waals surface area contributed by atoms with Gasteiger partial charge in [-0.25, -0.2) is 0 Å². The highest BCUT2D eigenvalue weighted by molar-refractivity contribution is 6.32.